The number of halogens is 1. The highest BCUT2D eigenvalue weighted by Gasteiger charge is 2.24. The van der Waals surface area contributed by atoms with Crippen molar-refractivity contribution in [1.29, 1.82) is 0 Å². The third-order valence-corrected chi connectivity index (χ3v) is 5.17. The monoisotopic (exact) mass is 329 g/mol. The molecule has 3 rings (SSSR count). The SMILES string of the molecule is CC1CCNC(c2cc(Br)c3c(c2)OCCO3)S1. The van der Waals surface area contributed by atoms with Crippen molar-refractivity contribution in [3.05, 3.63) is 22.2 Å². The van der Waals surface area contributed by atoms with E-state index in [0.29, 0.717) is 23.8 Å². The van der Waals surface area contributed by atoms with E-state index in [1.54, 1.807) is 0 Å². The second-order valence-corrected chi connectivity index (χ2v) is 7.00. The van der Waals surface area contributed by atoms with Crippen molar-refractivity contribution in [1.82, 2.24) is 5.32 Å². The van der Waals surface area contributed by atoms with Gasteiger partial charge in [-0.3, -0.25) is 0 Å². The number of benzene rings is 1. The van der Waals surface area contributed by atoms with Crippen LogP contribution in [-0.4, -0.2) is 25.0 Å². The van der Waals surface area contributed by atoms with E-state index in [-0.39, 0.29) is 0 Å². The Labute approximate surface area is 120 Å². The highest BCUT2D eigenvalue weighted by molar-refractivity contribution is 9.10. The zero-order valence-electron chi connectivity index (χ0n) is 10.2. The highest BCUT2D eigenvalue weighted by Crippen LogP contribution is 2.43. The number of thioether (sulfide) groups is 1. The van der Waals surface area contributed by atoms with Crippen LogP contribution in [0.5, 0.6) is 11.5 Å². The fourth-order valence-electron chi connectivity index (χ4n) is 2.24. The predicted molar refractivity (Wildman–Crippen MR) is 77.5 cm³/mol. The van der Waals surface area contributed by atoms with Crippen molar-refractivity contribution in [2.75, 3.05) is 19.8 Å². The summed E-state index contributed by atoms with van der Waals surface area (Å²) >= 11 is 5.54. The minimum atomic E-state index is 0.348. The second kappa shape index (κ2) is 5.31. The Balaban J connectivity index is 1.90. The second-order valence-electron chi connectivity index (χ2n) is 4.60. The third kappa shape index (κ3) is 2.49. The maximum Gasteiger partial charge on any atom is 0.175 e. The molecule has 5 heteroatoms. The molecule has 1 aromatic rings. The largest absolute Gasteiger partial charge is 0.486 e. The summed E-state index contributed by atoms with van der Waals surface area (Å²) < 4.78 is 12.3. The average molecular weight is 330 g/mol. The van der Waals surface area contributed by atoms with Gasteiger partial charge in [0.25, 0.3) is 0 Å². The Kier molecular flexibility index (Phi) is 3.73. The van der Waals surface area contributed by atoms with Gasteiger partial charge in [-0.25, -0.2) is 0 Å². The molecule has 2 heterocycles. The molecule has 1 fully saturated rings. The standard InChI is InChI=1S/C13H16BrNO2S/c1-8-2-3-15-13(18-8)9-6-10(14)12-11(7-9)16-4-5-17-12/h6-8,13,15H,2-5H2,1H3. The lowest BCUT2D eigenvalue weighted by molar-refractivity contribution is 0.170. The summed E-state index contributed by atoms with van der Waals surface area (Å²) in [4.78, 5) is 0. The van der Waals surface area contributed by atoms with Gasteiger partial charge in [0.1, 0.15) is 13.2 Å². The van der Waals surface area contributed by atoms with Crippen LogP contribution in [0.1, 0.15) is 24.3 Å². The number of ether oxygens (including phenoxy) is 2. The van der Waals surface area contributed by atoms with E-state index in [2.05, 4.69) is 40.3 Å². The number of hydrogen-bond acceptors (Lipinski definition) is 4. The molecule has 0 radical (unpaired) electrons. The quantitative estimate of drug-likeness (QED) is 0.856. The minimum absolute atomic E-state index is 0.348. The smallest absolute Gasteiger partial charge is 0.175 e. The lowest BCUT2D eigenvalue weighted by Crippen LogP contribution is -2.29. The Hall–Kier alpha value is -0.390. The Bertz CT molecular complexity index is 455. The van der Waals surface area contributed by atoms with E-state index in [9.17, 15) is 0 Å². The summed E-state index contributed by atoms with van der Waals surface area (Å²) in [6.45, 7) is 4.61. The molecular weight excluding hydrogens is 314 g/mol. The maximum absolute atomic E-state index is 5.67. The normalized spacial score (nSPS) is 27.0. The van der Waals surface area contributed by atoms with Crippen LogP contribution in [0.15, 0.2) is 16.6 Å². The van der Waals surface area contributed by atoms with Crippen LogP contribution in [0.2, 0.25) is 0 Å². The van der Waals surface area contributed by atoms with Gasteiger partial charge in [0.05, 0.1) is 9.85 Å². The Morgan fingerprint density at radius 1 is 1.33 bits per heavy atom. The van der Waals surface area contributed by atoms with Crippen LogP contribution in [-0.2, 0) is 0 Å². The van der Waals surface area contributed by atoms with Crippen molar-refractivity contribution in [3.8, 4) is 11.5 Å². The minimum Gasteiger partial charge on any atom is -0.486 e. The van der Waals surface area contributed by atoms with Crippen LogP contribution in [0.3, 0.4) is 0 Å². The number of nitrogens with one attached hydrogen (secondary N) is 1. The van der Waals surface area contributed by atoms with Gasteiger partial charge in [0, 0.05) is 5.25 Å². The predicted octanol–water partition coefficient (Wildman–Crippen LogP) is 3.33. The zero-order valence-corrected chi connectivity index (χ0v) is 12.6. The van der Waals surface area contributed by atoms with E-state index in [0.717, 1.165) is 22.5 Å². The lowest BCUT2D eigenvalue weighted by atomic mass is 10.2. The molecule has 0 spiro atoms. The molecule has 0 aliphatic carbocycles. The maximum atomic E-state index is 5.67. The lowest BCUT2D eigenvalue weighted by Gasteiger charge is -2.29. The Morgan fingerprint density at radius 3 is 3.00 bits per heavy atom. The molecule has 0 amide bonds. The number of rotatable bonds is 1. The summed E-state index contributed by atoms with van der Waals surface area (Å²) in [5.41, 5.74) is 1.25. The molecule has 2 aliphatic rings. The van der Waals surface area contributed by atoms with Gasteiger partial charge in [0.2, 0.25) is 0 Å². The first-order chi connectivity index (χ1) is 8.74. The van der Waals surface area contributed by atoms with Crippen molar-refractivity contribution in [2.45, 2.75) is 24.0 Å². The van der Waals surface area contributed by atoms with E-state index in [1.807, 2.05) is 11.8 Å². The zero-order chi connectivity index (χ0) is 12.5. The summed E-state index contributed by atoms with van der Waals surface area (Å²) in [6, 6.07) is 4.23. The molecule has 1 aromatic carbocycles. The third-order valence-electron chi connectivity index (χ3n) is 3.17. The van der Waals surface area contributed by atoms with Crippen molar-refractivity contribution >= 4 is 27.7 Å². The summed E-state index contributed by atoms with van der Waals surface area (Å²) in [5, 5.41) is 4.59. The van der Waals surface area contributed by atoms with Crippen LogP contribution >= 0.6 is 27.7 Å². The van der Waals surface area contributed by atoms with Gasteiger partial charge in [-0.05, 0) is 46.6 Å². The van der Waals surface area contributed by atoms with E-state index < -0.39 is 0 Å². The van der Waals surface area contributed by atoms with Crippen LogP contribution in [0.4, 0.5) is 0 Å². The van der Waals surface area contributed by atoms with Gasteiger partial charge in [-0.15, -0.1) is 11.8 Å². The van der Waals surface area contributed by atoms with Crippen molar-refractivity contribution in [3.63, 3.8) is 0 Å². The van der Waals surface area contributed by atoms with Gasteiger partial charge >= 0.3 is 0 Å². The van der Waals surface area contributed by atoms with Crippen LogP contribution < -0.4 is 14.8 Å². The Morgan fingerprint density at radius 2 is 2.17 bits per heavy atom. The average Bonchev–Trinajstić information content (AvgIpc) is 2.39. The molecule has 2 unspecified atom stereocenters. The van der Waals surface area contributed by atoms with Gasteiger partial charge in [0.15, 0.2) is 11.5 Å². The fourth-order valence-corrected chi connectivity index (χ4v) is 4.04. The van der Waals surface area contributed by atoms with Crippen molar-refractivity contribution < 1.29 is 9.47 Å². The van der Waals surface area contributed by atoms with Crippen molar-refractivity contribution in [2.24, 2.45) is 0 Å². The first-order valence-corrected chi connectivity index (χ1v) is 7.95. The summed E-state index contributed by atoms with van der Waals surface area (Å²) in [6.07, 6.45) is 1.23. The fraction of sp³-hybridized carbons (Fsp3) is 0.538. The van der Waals surface area contributed by atoms with Gasteiger partial charge < -0.3 is 14.8 Å². The molecule has 1 N–H and O–H groups in total. The number of fused-ring (bicyclic) bond motifs is 1. The molecule has 0 aromatic heterocycles. The van der Waals surface area contributed by atoms with Crippen LogP contribution in [0, 0.1) is 0 Å². The molecule has 18 heavy (non-hydrogen) atoms. The topological polar surface area (TPSA) is 30.5 Å². The molecule has 2 aliphatic heterocycles. The molecular formula is C13H16BrNO2S. The van der Waals surface area contributed by atoms with E-state index >= 15 is 0 Å². The molecule has 0 bridgehead atoms. The molecule has 3 nitrogen and oxygen atoms in total. The molecule has 0 saturated carbocycles. The molecule has 98 valence electrons. The van der Waals surface area contributed by atoms with Gasteiger partial charge in [-0.1, -0.05) is 6.92 Å². The van der Waals surface area contributed by atoms with E-state index in [4.69, 9.17) is 9.47 Å². The summed E-state index contributed by atoms with van der Waals surface area (Å²) in [7, 11) is 0. The number of hydrogen-bond donors (Lipinski definition) is 1. The first kappa shape index (κ1) is 12.6. The van der Waals surface area contributed by atoms with E-state index in [1.165, 1.54) is 12.0 Å². The molecule has 1 saturated heterocycles. The van der Waals surface area contributed by atoms with Crippen LogP contribution in [0.25, 0.3) is 0 Å². The molecule has 2 atom stereocenters. The highest BCUT2D eigenvalue weighted by atomic mass is 79.9. The first-order valence-electron chi connectivity index (χ1n) is 6.22. The van der Waals surface area contributed by atoms with Gasteiger partial charge in [-0.2, -0.15) is 0 Å². The summed E-state index contributed by atoms with van der Waals surface area (Å²) in [5.74, 6) is 1.69.